The zero-order chi connectivity index (χ0) is 80.5. The highest BCUT2D eigenvalue weighted by Crippen LogP contribution is 2.63. The highest BCUT2D eigenvalue weighted by molar-refractivity contribution is 7.49. The summed E-state index contributed by atoms with van der Waals surface area (Å²) >= 11 is 11.7. The minimum atomic E-state index is -4.26. The number of hydrogen-bond donors (Lipinski definition) is 3. The van der Waals surface area contributed by atoms with Crippen LogP contribution in [0.25, 0.3) is 0 Å². The number of phosphoric acid groups is 3. The largest absolute Gasteiger partial charge is 0.497 e. The highest BCUT2D eigenvalue weighted by atomic mass is 35.5. The molecule has 12 atom stereocenters. The minimum Gasteiger partial charge on any atom is -0.497 e. The van der Waals surface area contributed by atoms with Crippen LogP contribution in [0, 0.1) is 0 Å². The maximum Gasteiger partial charge on any atom is 0.475 e. The molecule has 0 spiro atoms. The molecule has 3 aromatic carbocycles. The van der Waals surface area contributed by atoms with E-state index >= 15 is 26.3 Å². The van der Waals surface area contributed by atoms with Gasteiger partial charge in [-0.3, -0.25) is 68.8 Å². The lowest BCUT2D eigenvalue weighted by molar-refractivity contribution is -0.139. The van der Waals surface area contributed by atoms with E-state index in [9.17, 15) is 42.5 Å². The number of aromatic nitrogens is 6. The molecule has 6 aliphatic heterocycles. The molecule has 12 rings (SSSR count). The Labute approximate surface area is 629 Å². The molecule has 0 saturated carbocycles. The summed E-state index contributed by atoms with van der Waals surface area (Å²) in [6.07, 6.45) is -15.2. The Morgan fingerprint density at radius 3 is 1.17 bits per heavy atom. The molecule has 600 valence electrons. The average molecular weight is 1660 g/mol. The third-order valence-electron chi connectivity index (χ3n) is 16.0. The van der Waals surface area contributed by atoms with E-state index in [1.807, 2.05) is 0 Å². The second kappa shape index (κ2) is 33.7. The molecule has 6 aliphatic rings. The molecule has 3 aromatic heterocycles. The fourth-order valence-electron chi connectivity index (χ4n) is 11.3. The lowest BCUT2D eigenvalue weighted by Gasteiger charge is -2.32. The minimum absolute atomic E-state index is 0.00890. The SMILES string of the molecule is CC(C)OP1(=O)OC[C@H]2OC(n3ccc(NC(=O)c4ccc(Cl)c(Cl)c4)nc3=O)C(F)(F)[C@@H]2O1.COc1cc(OC)c(OC)c(C(=O)Nc2ccn(C3O[C@@H]4COP(=O)(OC(C)C)O[C@H]4C3(F)F)c(=O)n2)c1.COc1ccc(C(=O)Nc2ccn(C3O[C@@H]4COP(=O)(OC(C)C)O[C@H]4C3(F)F)c(=O)n2)c(OC)c1OC. The Balaban J connectivity index is 0.000000176. The standard InChI is InChI=1S/2C22H26F2N3O10P.C19H18Cl2F2N3O7P/c1-11(2)36-38(30)34-10-15-18(37-38)22(23,24)20(35-15)27-7-6-16(26-21(27)29)25-19(28)13-8-12(31-3)9-14(32-4)17(13)33-5;1-11(2)36-38(30)34-10-14-18(37-38)22(23,24)20(35-14)27-9-8-15(26-21(27)29)25-19(28)12-6-7-13(31-3)17(33-5)16(12)32-4;1-9(2)32-34(29)30-8-13-15(33-34)19(22,23)17(31-13)26-6-5-14(25-18(26)28)24-16(27)10-3-4-11(20)12(21)7-10/h6-9,11,15,18,20H,10H2,1-5H3,(H,25,26,28,29);6-9,11,14,18,20H,10H2,1-5H3,(H,25,26,28,29);3-7,9,13,15,17H,8H2,1-2H3,(H,24,25,27,28)/t15-,18-,20?,38?;14-,18-,20?,38?;13-,15-,17?,34?/m111/s1. The van der Waals surface area contributed by atoms with E-state index in [1.165, 1.54) is 127 Å². The Hall–Kier alpha value is -8.12. The summed E-state index contributed by atoms with van der Waals surface area (Å²) in [4.78, 5) is 87.1. The predicted octanol–water partition coefficient (Wildman–Crippen LogP) is 10.3. The van der Waals surface area contributed by atoms with Gasteiger partial charge in [0.1, 0.15) is 41.5 Å². The first-order valence-electron chi connectivity index (χ1n) is 32.4. The second-order valence-electron chi connectivity index (χ2n) is 24.7. The number of ether oxygens (including phenoxy) is 9. The van der Waals surface area contributed by atoms with Crippen LogP contribution in [0.5, 0.6) is 34.5 Å². The van der Waals surface area contributed by atoms with Crippen molar-refractivity contribution in [1.29, 1.82) is 0 Å². The molecule has 36 nitrogen and oxygen atoms in total. The molecule has 3 N–H and O–H groups in total. The van der Waals surface area contributed by atoms with Gasteiger partial charge in [-0.25, -0.2) is 28.1 Å². The molecule has 0 bridgehead atoms. The molecule has 47 heteroatoms. The summed E-state index contributed by atoms with van der Waals surface area (Å²) in [6.45, 7) is 7.76. The van der Waals surface area contributed by atoms with Crippen molar-refractivity contribution < 1.29 is 138 Å². The summed E-state index contributed by atoms with van der Waals surface area (Å²) in [6, 6.07) is 13.3. The molecule has 110 heavy (non-hydrogen) atoms. The molecule has 6 aromatic rings. The molecule has 9 heterocycles. The van der Waals surface area contributed by atoms with Gasteiger partial charge >= 0.3 is 58.3 Å². The Bertz CT molecular complexity index is 4800. The predicted molar refractivity (Wildman–Crippen MR) is 369 cm³/mol. The Morgan fingerprint density at radius 1 is 0.464 bits per heavy atom. The number of methoxy groups -OCH3 is 6. The quantitative estimate of drug-likeness (QED) is 0.0445. The number of rotatable bonds is 21. The van der Waals surface area contributed by atoms with Gasteiger partial charge < -0.3 is 58.6 Å². The van der Waals surface area contributed by atoms with Gasteiger partial charge in [0.05, 0.1) is 102 Å². The Morgan fingerprint density at radius 2 is 0.836 bits per heavy atom. The van der Waals surface area contributed by atoms with Crippen LogP contribution in [0.3, 0.4) is 0 Å². The van der Waals surface area contributed by atoms with Crippen LogP contribution in [0.15, 0.2) is 93.6 Å². The van der Waals surface area contributed by atoms with Crippen molar-refractivity contribution in [2.75, 3.05) is 78.4 Å². The number of phosphoric ester groups is 3. The summed E-state index contributed by atoms with van der Waals surface area (Å²) in [5, 5.41) is 7.59. The number of anilines is 3. The van der Waals surface area contributed by atoms with Crippen molar-refractivity contribution in [2.24, 2.45) is 0 Å². The van der Waals surface area contributed by atoms with Gasteiger partial charge in [-0.15, -0.1) is 0 Å². The fraction of sp³-hybridized carbons (Fsp3) is 0.476. The van der Waals surface area contributed by atoms with Crippen molar-refractivity contribution in [1.82, 2.24) is 28.7 Å². The summed E-state index contributed by atoms with van der Waals surface area (Å²) in [5.41, 5.74) is -3.24. The van der Waals surface area contributed by atoms with E-state index in [0.717, 1.165) is 36.8 Å². The molecule has 6 unspecified atom stereocenters. The molecule has 0 aliphatic carbocycles. The number of fused-ring (bicyclic) bond motifs is 3. The van der Waals surface area contributed by atoms with Crippen LogP contribution in [-0.2, 0) is 68.6 Å². The molecule has 6 fully saturated rings. The Kier molecular flexibility index (Phi) is 25.8. The van der Waals surface area contributed by atoms with Gasteiger partial charge in [0.15, 0.2) is 41.3 Å². The van der Waals surface area contributed by atoms with Gasteiger partial charge in [0.2, 0.25) is 24.4 Å². The fourth-order valence-corrected chi connectivity index (χ4v) is 16.3. The van der Waals surface area contributed by atoms with E-state index in [4.69, 9.17) is 107 Å². The second-order valence-corrected chi connectivity index (χ2v) is 30.2. The molecule has 3 amide bonds. The maximum atomic E-state index is 15.3. The van der Waals surface area contributed by atoms with E-state index in [1.54, 1.807) is 0 Å². The molecule has 0 radical (unpaired) electrons. The number of benzene rings is 3. The van der Waals surface area contributed by atoms with Gasteiger partial charge in [-0.1, -0.05) is 23.2 Å². The van der Waals surface area contributed by atoms with Crippen molar-refractivity contribution in [3.05, 3.63) is 137 Å². The summed E-state index contributed by atoms with van der Waals surface area (Å²) in [7, 11) is -4.53. The lowest BCUT2D eigenvalue weighted by atomic mass is 10.1. The van der Waals surface area contributed by atoms with Crippen molar-refractivity contribution in [2.45, 2.75) is 133 Å². The van der Waals surface area contributed by atoms with Crippen LogP contribution in [0.1, 0.15) is 91.3 Å². The maximum absolute atomic E-state index is 15.3. The van der Waals surface area contributed by atoms with E-state index < -0.39 is 169 Å². The van der Waals surface area contributed by atoms with Gasteiger partial charge in [0, 0.05) is 30.2 Å². The van der Waals surface area contributed by atoms with Gasteiger partial charge in [0.25, 0.3) is 17.7 Å². The number of alkyl halides is 6. The number of amides is 3. The third kappa shape index (κ3) is 18.0. The zero-order valence-corrected chi connectivity index (χ0v) is 63.8. The van der Waals surface area contributed by atoms with Crippen molar-refractivity contribution >= 4 is 81.8 Å². The molecule has 6 saturated heterocycles. The van der Waals surface area contributed by atoms with Crippen LogP contribution in [-0.4, -0.2) is 182 Å². The first-order chi connectivity index (χ1) is 51.7. The van der Waals surface area contributed by atoms with Crippen molar-refractivity contribution in [3.8, 4) is 34.5 Å². The number of carbonyl (C=O) groups excluding carboxylic acids is 3. The number of carbonyl (C=O) groups is 3. The third-order valence-corrected chi connectivity index (χ3v) is 21.7. The van der Waals surface area contributed by atoms with Crippen LogP contribution in [0.4, 0.5) is 43.8 Å². The molecular formula is C63H70Cl2F6N9O27P3. The van der Waals surface area contributed by atoms with E-state index in [0.29, 0.717) is 25.2 Å². The van der Waals surface area contributed by atoms with Gasteiger partial charge in [-0.05, 0) is 96.1 Å². The number of hydrogen-bond acceptors (Lipinski definition) is 30. The van der Waals surface area contributed by atoms with Crippen LogP contribution < -0.4 is 61.4 Å². The lowest BCUT2D eigenvalue weighted by Crippen LogP contribution is -2.45. The van der Waals surface area contributed by atoms with E-state index in [2.05, 4.69) is 30.9 Å². The zero-order valence-electron chi connectivity index (χ0n) is 59.6. The number of nitrogens with one attached hydrogen (secondary N) is 3. The summed E-state index contributed by atoms with van der Waals surface area (Å²) < 4.78 is 223. The van der Waals surface area contributed by atoms with Gasteiger partial charge in [-0.2, -0.15) is 41.3 Å². The molecular weight excluding hydrogens is 1590 g/mol. The summed E-state index contributed by atoms with van der Waals surface area (Å²) in [5.74, 6) is -12.9. The van der Waals surface area contributed by atoms with Crippen molar-refractivity contribution in [3.63, 3.8) is 0 Å². The number of halogens is 8. The van der Waals surface area contributed by atoms with Crippen LogP contribution in [0.2, 0.25) is 10.0 Å². The number of nitrogens with zero attached hydrogens (tertiary/aromatic N) is 6. The smallest absolute Gasteiger partial charge is 0.475 e. The first-order valence-corrected chi connectivity index (χ1v) is 37.6. The van der Waals surface area contributed by atoms with Crippen LogP contribution >= 0.6 is 46.7 Å². The monoisotopic (exact) mass is 1660 g/mol. The normalized spacial score (nSPS) is 26.7. The highest BCUT2D eigenvalue weighted by Gasteiger charge is 2.68. The topological polar surface area (TPSA) is 409 Å². The first kappa shape index (κ1) is 84.3. The van der Waals surface area contributed by atoms with E-state index in [-0.39, 0.29) is 67.2 Å². The average Bonchev–Trinajstić information content (AvgIpc) is 1.60.